The van der Waals surface area contributed by atoms with Crippen LogP contribution in [0.4, 0.5) is 10.7 Å². The van der Waals surface area contributed by atoms with Gasteiger partial charge >= 0.3 is 0 Å². The summed E-state index contributed by atoms with van der Waals surface area (Å²) in [6.45, 7) is 5.55. The van der Waals surface area contributed by atoms with Crippen LogP contribution in [0.1, 0.15) is 23.5 Å². The number of hydrogen-bond donors (Lipinski definition) is 3. The van der Waals surface area contributed by atoms with Crippen molar-refractivity contribution in [3.05, 3.63) is 4.88 Å². The van der Waals surface area contributed by atoms with Gasteiger partial charge in [0, 0.05) is 26.0 Å². The first kappa shape index (κ1) is 17.7. The maximum atomic E-state index is 11.9. The molecule has 0 aliphatic rings. The molecule has 0 fully saturated rings. The monoisotopic (exact) mass is 335 g/mol. The average molecular weight is 335 g/mol. The molecule has 1 aromatic heterocycles. The Kier molecular flexibility index (Phi) is 6.43. The summed E-state index contributed by atoms with van der Waals surface area (Å²) in [4.78, 5) is 12.1. The van der Waals surface area contributed by atoms with E-state index in [9.17, 15) is 13.2 Å². The Labute approximate surface area is 128 Å². The molecule has 0 radical (unpaired) electrons. The molecule has 120 valence electrons. The molecule has 1 aromatic rings. The SMILES string of the molecule is CCNC(=O)c1sc(NCCOCC)c(S(C)(=O)=O)c1N. The van der Waals surface area contributed by atoms with Crippen LogP contribution in [0.5, 0.6) is 0 Å². The van der Waals surface area contributed by atoms with Crippen LogP contribution in [-0.2, 0) is 14.6 Å². The summed E-state index contributed by atoms with van der Waals surface area (Å²) in [6, 6.07) is 0. The Bertz CT molecular complexity index is 596. The number of nitrogens with one attached hydrogen (secondary N) is 2. The molecule has 0 unspecified atom stereocenters. The van der Waals surface area contributed by atoms with Crippen LogP contribution in [0.25, 0.3) is 0 Å². The van der Waals surface area contributed by atoms with Crippen molar-refractivity contribution in [1.29, 1.82) is 0 Å². The van der Waals surface area contributed by atoms with Crippen LogP contribution in [-0.4, -0.2) is 46.9 Å². The number of thiophene rings is 1. The second-order valence-corrected chi connectivity index (χ2v) is 7.23. The molecule has 0 saturated heterocycles. The van der Waals surface area contributed by atoms with Gasteiger partial charge < -0.3 is 21.1 Å². The van der Waals surface area contributed by atoms with Crippen LogP contribution in [0.15, 0.2) is 4.90 Å². The third kappa shape index (κ3) is 4.58. The molecular formula is C12H21N3O4S2. The molecule has 0 saturated carbocycles. The summed E-state index contributed by atoms with van der Waals surface area (Å²) in [5, 5.41) is 5.95. The van der Waals surface area contributed by atoms with E-state index in [1.807, 2.05) is 6.92 Å². The molecule has 1 rings (SSSR count). The van der Waals surface area contributed by atoms with Gasteiger partial charge in [-0.15, -0.1) is 11.3 Å². The first-order chi connectivity index (χ1) is 9.82. The van der Waals surface area contributed by atoms with E-state index in [0.29, 0.717) is 31.3 Å². The van der Waals surface area contributed by atoms with Gasteiger partial charge in [-0.3, -0.25) is 4.79 Å². The molecule has 1 amide bonds. The molecule has 0 spiro atoms. The third-order valence-electron chi connectivity index (χ3n) is 2.55. The zero-order valence-corrected chi connectivity index (χ0v) is 14.0. The van der Waals surface area contributed by atoms with Crippen LogP contribution in [0, 0.1) is 0 Å². The van der Waals surface area contributed by atoms with Gasteiger partial charge in [0.1, 0.15) is 14.8 Å². The van der Waals surface area contributed by atoms with E-state index in [0.717, 1.165) is 17.6 Å². The number of nitrogen functional groups attached to an aromatic ring is 1. The number of amides is 1. The fraction of sp³-hybridized carbons (Fsp3) is 0.583. The molecule has 0 atom stereocenters. The molecule has 21 heavy (non-hydrogen) atoms. The van der Waals surface area contributed by atoms with Crippen molar-refractivity contribution in [3.63, 3.8) is 0 Å². The van der Waals surface area contributed by atoms with Gasteiger partial charge in [0.25, 0.3) is 5.91 Å². The average Bonchev–Trinajstić information content (AvgIpc) is 2.72. The lowest BCUT2D eigenvalue weighted by atomic mass is 10.3. The first-order valence-corrected chi connectivity index (χ1v) is 9.25. The van der Waals surface area contributed by atoms with Crippen molar-refractivity contribution in [2.24, 2.45) is 0 Å². The van der Waals surface area contributed by atoms with E-state index in [1.54, 1.807) is 6.92 Å². The largest absolute Gasteiger partial charge is 0.396 e. The maximum Gasteiger partial charge on any atom is 0.263 e. The minimum atomic E-state index is -3.53. The summed E-state index contributed by atoms with van der Waals surface area (Å²) < 4.78 is 28.9. The molecule has 7 nitrogen and oxygen atoms in total. The van der Waals surface area contributed by atoms with Crippen molar-refractivity contribution >= 4 is 37.8 Å². The number of rotatable bonds is 8. The fourth-order valence-corrected chi connectivity index (χ4v) is 4.22. The first-order valence-electron chi connectivity index (χ1n) is 6.55. The molecule has 0 aliphatic heterocycles. The van der Waals surface area contributed by atoms with Crippen LogP contribution in [0.2, 0.25) is 0 Å². The zero-order valence-electron chi connectivity index (χ0n) is 12.4. The van der Waals surface area contributed by atoms with Gasteiger partial charge in [0.05, 0.1) is 12.3 Å². The summed E-state index contributed by atoms with van der Waals surface area (Å²) >= 11 is 1.04. The number of ether oxygens (including phenoxy) is 1. The number of carbonyl (C=O) groups excluding carboxylic acids is 1. The Morgan fingerprint density at radius 1 is 1.38 bits per heavy atom. The lowest BCUT2D eigenvalue weighted by molar-refractivity contribution is 0.0960. The highest BCUT2D eigenvalue weighted by Gasteiger charge is 2.26. The highest BCUT2D eigenvalue weighted by atomic mass is 32.2. The summed E-state index contributed by atoms with van der Waals surface area (Å²) in [7, 11) is -3.53. The Morgan fingerprint density at radius 2 is 2.05 bits per heavy atom. The van der Waals surface area contributed by atoms with Gasteiger partial charge in [-0.2, -0.15) is 0 Å². The predicted molar refractivity (Wildman–Crippen MR) is 84.8 cm³/mol. The normalized spacial score (nSPS) is 11.4. The van der Waals surface area contributed by atoms with Crippen LogP contribution in [0.3, 0.4) is 0 Å². The quantitative estimate of drug-likeness (QED) is 0.610. The Balaban J connectivity index is 3.10. The number of nitrogens with two attached hydrogens (primary N) is 1. The van der Waals surface area contributed by atoms with E-state index in [2.05, 4.69) is 10.6 Å². The van der Waals surface area contributed by atoms with E-state index in [-0.39, 0.29) is 21.4 Å². The summed E-state index contributed by atoms with van der Waals surface area (Å²) in [6.07, 6.45) is 1.07. The molecule has 0 aromatic carbocycles. The predicted octanol–water partition coefficient (Wildman–Crippen LogP) is 0.932. The van der Waals surface area contributed by atoms with Crippen LogP contribution >= 0.6 is 11.3 Å². The third-order valence-corrected chi connectivity index (χ3v) is 5.01. The molecule has 1 heterocycles. The van der Waals surface area contributed by atoms with Crippen molar-refractivity contribution in [2.45, 2.75) is 18.7 Å². The number of anilines is 2. The van der Waals surface area contributed by atoms with E-state index in [4.69, 9.17) is 10.5 Å². The van der Waals surface area contributed by atoms with E-state index in [1.165, 1.54) is 0 Å². The van der Waals surface area contributed by atoms with E-state index < -0.39 is 9.84 Å². The summed E-state index contributed by atoms with van der Waals surface area (Å²) in [5.74, 6) is -0.372. The Hall–Kier alpha value is -1.32. The standard InChI is InChI=1S/C12H21N3O4S2/c1-4-14-11(16)9-8(13)10(21(3,17)18)12(20-9)15-6-7-19-5-2/h15H,4-7,13H2,1-3H3,(H,14,16). The van der Waals surface area contributed by atoms with Crippen molar-refractivity contribution in [2.75, 3.05) is 43.6 Å². The molecule has 4 N–H and O–H groups in total. The zero-order chi connectivity index (χ0) is 16.0. The van der Waals surface area contributed by atoms with Crippen LogP contribution < -0.4 is 16.4 Å². The van der Waals surface area contributed by atoms with Crippen molar-refractivity contribution in [1.82, 2.24) is 5.32 Å². The fourth-order valence-electron chi connectivity index (χ4n) is 1.70. The second-order valence-electron chi connectivity index (χ2n) is 4.26. The van der Waals surface area contributed by atoms with E-state index >= 15 is 0 Å². The van der Waals surface area contributed by atoms with Gasteiger partial charge in [0.2, 0.25) is 0 Å². The lowest BCUT2D eigenvalue weighted by Crippen LogP contribution is -2.22. The van der Waals surface area contributed by atoms with Gasteiger partial charge in [-0.1, -0.05) is 0 Å². The maximum absolute atomic E-state index is 11.9. The smallest absolute Gasteiger partial charge is 0.263 e. The summed E-state index contributed by atoms with van der Waals surface area (Å²) in [5.41, 5.74) is 5.84. The molecular weight excluding hydrogens is 314 g/mol. The molecule has 0 bridgehead atoms. The highest BCUT2D eigenvalue weighted by Crippen LogP contribution is 2.39. The highest BCUT2D eigenvalue weighted by molar-refractivity contribution is 7.91. The van der Waals surface area contributed by atoms with Gasteiger partial charge in [0.15, 0.2) is 9.84 Å². The minimum absolute atomic E-state index is 0.00707. The lowest BCUT2D eigenvalue weighted by Gasteiger charge is -2.06. The Morgan fingerprint density at radius 3 is 2.57 bits per heavy atom. The van der Waals surface area contributed by atoms with Gasteiger partial charge in [-0.25, -0.2) is 8.42 Å². The van der Waals surface area contributed by atoms with Crippen molar-refractivity contribution < 1.29 is 17.9 Å². The van der Waals surface area contributed by atoms with Crippen molar-refractivity contribution in [3.8, 4) is 0 Å². The topological polar surface area (TPSA) is 111 Å². The number of sulfone groups is 1. The molecule has 9 heteroatoms. The second kappa shape index (κ2) is 7.62. The molecule has 0 aliphatic carbocycles. The minimum Gasteiger partial charge on any atom is -0.396 e. The number of hydrogen-bond acceptors (Lipinski definition) is 7. The number of carbonyl (C=O) groups is 1. The van der Waals surface area contributed by atoms with Gasteiger partial charge in [-0.05, 0) is 13.8 Å².